The maximum absolute atomic E-state index is 13.5. The smallest absolute Gasteiger partial charge is 0.364 e. The predicted molar refractivity (Wildman–Crippen MR) is 389 cm³/mol. The Balaban J connectivity index is 1.53. The van der Waals surface area contributed by atoms with E-state index in [4.69, 9.17) is 28.4 Å². The van der Waals surface area contributed by atoms with Gasteiger partial charge in [0.2, 0.25) is 11.8 Å². The van der Waals surface area contributed by atoms with Crippen molar-refractivity contribution in [3.8, 4) is 0 Å². The molecule has 0 aromatic carbocycles. The van der Waals surface area contributed by atoms with Crippen molar-refractivity contribution in [2.45, 2.75) is 439 Å². The third kappa shape index (κ3) is 38.2. The lowest BCUT2D eigenvalue weighted by Crippen LogP contribution is -2.70. The standard InChI is InChI=1S/C78H146N2O21/c1-4-6-8-10-12-14-16-18-20-22-24-26-28-29-30-31-33-35-37-39-41-43-45-47-49-51-60(85)59(80-65(88)52-50-48-46-44-42-40-38-36-34-32-27-25-23-21-19-17-15-13-11-9-7-5-2)57-96-75-70(92)69(91)72(64(56-83)98-75)99-76-71(93)74(68(90)63(55-82)97-76)101-78(77(94)95)53-61(86)66(79-58(3)84)73(100-78)67(89)62(87)54-81/h49,51,59-64,66-76,81-83,85-87,89-93H,4-48,50,52-57H2,1-3H3,(H,79,84)(H,80,88)(H,94,95)/b51-49+. The second-order valence-corrected chi connectivity index (χ2v) is 29.6. The zero-order valence-corrected chi connectivity index (χ0v) is 62.8. The Morgan fingerprint density at radius 3 is 1.32 bits per heavy atom. The number of aliphatic hydroxyl groups excluding tert-OH is 11. The molecule has 3 aliphatic heterocycles. The molecule has 3 heterocycles. The van der Waals surface area contributed by atoms with E-state index >= 15 is 0 Å². The van der Waals surface area contributed by atoms with Crippen LogP contribution in [0.4, 0.5) is 0 Å². The number of carboxylic acid groups (broad SMARTS) is 1. The molecular formula is C78H146N2O21. The molecule has 101 heavy (non-hydrogen) atoms. The van der Waals surface area contributed by atoms with Crippen molar-refractivity contribution in [3.63, 3.8) is 0 Å². The van der Waals surface area contributed by atoms with Gasteiger partial charge in [-0.2, -0.15) is 0 Å². The zero-order chi connectivity index (χ0) is 73.9. The van der Waals surface area contributed by atoms with Crippen LogP contribution in [0.25, 0.3) is 0 Å². The molecule has 3 saturated heterocycles. The van der Waals surface area contributed by atoms with E-state index in [1.54, 1.807) is 6.08 Å². The molecule has 23 heteroatoms. The Hall–Kier alpha value is -2.53. The first kappa shape index (κ1) is 92.7. The van der Waals surface area contributed by atoms with Crippen molar-refractivity contribution in [2.24, 2.45) is 0 Å². The van der Waals surface area contributed by atoms with E-state index in [9.17, 15) is 75.7 Å². The van der Waals surface area contributed by atoms with Crippen LogP contribution < -0.4 is 10.6 Å². The quantitative estimate of drug-likeness (QED) is 0.0199. The highest BCUT2D eigenvalue weighted by molar-refractivity contribution is 5.77. The summed E-state index contributed by atoms with van der Waals surface area (Å²) in [5, 5.41) is 136. The maximum Gasteiger partial charge on any atom is 0.364 e. The number of ether oxygens (including phenoxy) is 6. The second kappa shape index (κ2) is 57.6. The zero-order valence-electron chi connectivity index (χ0n) is 62.8. The summed E-state index contributed by atoms with van der Waals surface area (Å²) >= 11 is 0. The van der Waals surface area contributed by atoms with Crippen LogP contribution in [0.5, 0.6) is 0 Å². The highest BCUT2D eigenvalue weighted by atomic mass is 16.8. The number of hydrogen-bond donors (Lipinski definition) is 14. The van der Waals surface area contributed by atoms with E-state index < -0.39 is 155 Å². The highest BCUT2D eigenvalue weighted by Crippen LogP contribution is 2.39. The number of rotatable bonds is 64. The fraction of sp³-hybridized carbons (Fsp3) is 0.936. The average molecular weight is 1450 g/mol. The molecular weight excluding hydrogens is 1300 g/mol. The van der Waals surface area contributed by atoms with E-state index in [1.165, 1.54) is 238 Å². The van der Waals surface area contributed by atoms with Gasteiger partial charge in [-0.25, -0.2) is 4.79 Å². The van der Waals surface area contributed by atoms with E-state index in [0.29, 0.717) is 12.8 Å². The first-order valence-electron chi connectivity index (χ1n) is 40.6. The Kier molecular flexibility index (Phi) is 52.9. The third-order valence-corrected chi connectivity index (χ3v) is 20.7. The molecule has 0 spiro atoms. The van der Waals surface area contributed by atoms with Gasteiger partial charge in [-0.15, -0.1) is 0 Å². The highest BCUT2D eigenvalue weighted by Gasteiger charge is 2.60. The molecule has 0 saturated carbocycles. The summed E-state index contributed by atoms with van der Waals surface area (Å²) in [6.45, 7) is 2.20. The number of carbonyl (C=O) groups excluding carboxylic acids is 2. The van der Waals surface area contributed by atoms with E-state index in [2.05, 4.69) is 24.5 Å². The van der Waals surface area contributed by atoms with Gasteiger partial charge in [0, 0.05) is 19.8 Å². The molecule has 0 aliphatic carbocycles. The maximum atomic E-state index is 13.5. The number of allylic oxidation sites excluding steroid dienone is 1. The number of hydrogen-bond acceptors (Lipinski definition) is 20. The lowest BCUT2D eigenvalue weighted by atomic mass is 9.88. The van der Waals surface area contributed by atoms with Crippen LogP contribution in [-0.2, 0) is 42.8 Å². The van der Waals surface area contributed by atoms with E-state index in [1.807, 2.05) is 6.08 Å². The van der Waals surface area contributed by atoms with Crippen LogP contribution in [0.3, 0.4) is 0 Å². The summed E-state index contributed by atoms with van der Waals surface area (Å²) in [5.41, 5.74) is 0. The predicted octanol–water partition coefficient (Wildman–Crippen LogP) is 10.6. The van der Waals surface area contributed by atoms with Gasteiger partial charge in [-0.05, 0) is 19.3 Å². The third-order valence-electron chi connectivity index (χ3n) is 20.7. The van der Waals surface area contributed by atoms with Gasteiger partial charge in [0.05, 0.1) is 50.7 Å². The number of carbonyl (C=O) groups is 3. The molecule has 18 atom stereocenters. The molecule has 0 radical (unpaired) electrons. The van der Waals surface area contributed by atoms with Crippen molar-refractivity contribution in [3.05, 3.63) is 12.2 Å². The normalized spacial score (nSPS) is 26.8. The summed E-state index contributed by atoms with van der Waals surface area (Å²) in [6, 6.07) is -2.62. The minimum atomic E-state index is -3.08. The Bertz CT molecular complexity index is 2070. The van der Waals surface area contributed by atoms with Crippen LogP contribution in [-0.4, -0.2) is 215 Å². The molecule has 594 valence electrons. The van der Waals surface area contributed by atoms with Gasteiger partial charge in [-0.3, -0.25) is 9.59 Å². The summed E-state index contributed by atoms with van der Waals surface area (Å²) in [6.07, 6.45) is 32.4. The van der Waals surface area contributed by atoms with Crippen LogP contribution in [0.15, 0.2) is 12.2 Å². The molecule has 0 aromatic rings. The van der Waals surface area contributed by atoms with Crippen LogP contribution in [0.1, 0.15) is 329 Å². The summed E-state index contributed by atoms with van der Waals surface area (Å²) in [4.78, 5) is 38.7. The lowest BCUT2D eigenvalue weighted by Gasteiger charge is -2.50. The van der Waals surface area contributed by atoms with Crippen molar-refractivity contribution < 1.29 is 104 Å². The number of amides is 2. The summed E-state index contributed by atoms with van der Waals surface area (Å²) in [7, 11) is 0. The van der Waals surface area contributed by atoms with Gasteiger partial charge in [0.1, 0.15) is 67.1 Å². The fourth-order valence-electron chi connectivity index (χ4n) is 14.3. The Morgan fingerprint density at radius 1 is 0.515 bits per heavy atom. The molecule has 23 nitrogen and oxygen atoms in total. The van der Waals surface area contributed by atoms with Gasteiger partial charge in [0.25, 0.3) is 5.79 Å². The van der Waals surface area contributed by atoms with Crippen LogP contribution >= 0.6 is 0 Å². The monoisotopic (exact) mass is 1450 g/mol. The fourth-order valence-corrected chi connectivity index (χ4v) is 14.3. The number of unbranched alkanes of at least 4 members (excludes halogenated alkanes) is 44. The summed E-state index contributed by atoms with van der Waals surface area (Å²) < 4.78 is 34.9. The Labute approximate surface area is 607 Å². The molecule has 14 N–H and O–H groups in total. The molecule has 3 fully saturated rings. The van der Waals surface area contributed by atoms with Crippen LogP contribution in [0.2, 0.25) is 0 Å². The average Bonchev–Trinajstić information content (AvgIpc) is 0.756. The van der Waals surface area contributed by atoms with E-state index in [-0.39, 0.29) is 12.3 Å². The summed E-state index contributed by atoms with van der Waals surface area (Å²) in [5.74, 6) is -6.13. The minimum Gasteiger partial charge on any atom is -0.477 e. The first-order chi connectivity index (χ1) is 48.9. The number of aliphatic carboxylic acids is 1. The molecule has 18 unspecified atom stereocenters. The largest absolute Gasteiger partial charge is 0.477 e. The second-order valence-electron chi connectivity index (χ2n) is 29.6. The van der Waals surface area contributed by atoms with Gasteiger partial charge in [-0.1, -0.05) is 302 Å². The number of carboxylic acids is 1. The van der Waals surface area contributed by atoms with Gasteiger partial charge >= 0.3 is 5.97 Å². The van der Waals surface area contributed by atoms with Crippen molar-refractivity contribution in [1.82, 2.24) is 10.6 Å². The minimum absolute atomic E-state index is 0.206. The molecule has 0 aromatic heterocycles. The molecule has 3 rings (SSSR count). The topological polar surface area (TPSA) is 373 Å². The molecule has 3 aliphatic rings. The Morgan fingerprint density at radius 2 is 0.921 bits per heavy atom. The lowest BCUT2D eigenvalue weighted by molar-refractivity contribution is -0.386. The first-order valence-corrected chi connectivity index (χ1v) is 40.6. The van der Waals surface area contributed by atoms with Crippen molar-refractivity contribution in [2.75, 3.05) is 26.4 Å². The SMILES string of the molecule is CCCCCCCCCCCCCCCCCCCCCCCCC/C=C/C(O)C(COC1OC(CO)C(OC2OC(CO)C(O)C(OC3(C(=O)O)CC(O)C(NC(C)=O)C(C(O)C(O)CO)O3)C2O)C(O)C1O)NC(=O)CCCCCCCCCCCCCCCCCCCCCCCC. The van der Waals surface area contributed by atoms with Crippen LogP contribution in [0, 0.1) is 0 Å². The van der Waals surface area contributed by atoms with E-state index in [0.717, 1.165) is 51.9 Å². The number of nitrogens with one attached hydrogen (secondary N) is 2. The van der Waals surface area contributed by atoms with Crippen molar-refractivity contribution in [1.29, 1.82) is 0 Å². The van der Waals surface area contributed by atoms with Gasteiger partial charge in [0.15, 0.2) is 12.6 Å². The van der Waals surface area contributed by atoms with Gasteiger partial charge < -0.3 is 100 Å². The van der Waals surface area contributed by atoms with Crippen molar-refractivity contribution >= 4 is 17.8 Å². The molecule has 2 amide bonds. The molecule has 0 bridgehead atoms. The number of aliphatic hydroxyl groups is 11.